The van der Waals surface area contributed by atoms with Crippen molar-refractivity contribution in [3.63, 3.8) is 0 Å². The third-order valence-electron chi connectivity index (χ3n) is 2.35. The maximum absolute atomic E-state index is 5.11. The lowest BCUT2D eigenvalue weighted by Crippen LogP contribution is -2.23. The van der Waals surface area contributed by atoms with Crippen LogP contribution in [0.3, 0.4) is 0 Å². The molecule has 2 rings (SSSR count). The fraction of sp³-hybridized carbons (Fsp3) is 0.250. The van der Waals surface area contributed by atoms with E-state index in [2.05, 4.69) is 29.2 Å². The molecule has 0 amide bonds. The minimum absolute atomic E-state index is 0.894. The Morgan fingerprint density at radius 1 is 1.27 bits per heavy atom. The SMILES string of the molecule is COc1ccc(Cn2cc[n+](C)c2)cc1. The van der Waals surface area contributed by atoms with Crippen LogP contribution in [0.25, 0.3) is 0 Å². The third kappa shape index (κ3) is 2.37. The highest BCUT2D eigenvalue weighted by Gasteiger charge is 2.01. The summed E-state index contributed by atoms with van der Waals surface area (Å²) in [4.78, 5) is 0. The molecule has 0 saturated heterocycles. The summed E-state index contributed by atoms with van der Waals surface area (Å²) in [6.45, 7) is 0.894. The number of ether oxygens (including phenoxy) is 1. The fourth-order valence-electron chi connectivity index (χ4n) is 1.54. The molecule has 0 unspecified atom stereocenters. The van der Waals surface area contributed by atoms with Crippen molar-refractivity contribution < 1.29 is 9.30 Å². The molecule has 78 valence electrons. The van der Waals surface area contributed by atoms with Crippen molar-refractivity contribution in [3.8, 4) is 5.75 Å². The Bertz CT molecular complexity index is 431. The third-order valence-corrected chi connectivity index (χ3v) is 2.35. The molecule has 3 heteroatoms. The molecule has 3 nitrogen and oxygen atoms in total. The molecule has 0 aliphatic heterocycles. The van der Waals surface area contributed by atoms with E-state index in [1.165, 1.54) is 5.56 Å². The summed E-state index contributed by atoms with van der Waals surface area (Å²) < 4.78 is 9.28. The van der Waals surface area contributed by atoms with E-state index >= 15 is 0 Å². The molecule has 2 aromatic rings. The molecular formula is C12H15N2O+. The molecule has 0 spiro atoms. The molecule has 0 radical (unpaired) electrons. The largest absolute Gasteiger partial charge is 0.497 e. The average molecular weight is 203 g/mol. The predicted molar refractivity (Wildman–Crippen MR) is 57.7 cm³/mol. The van der Waals surface area contributed by atoms with Gasteiger partial charge in [0.25, 0.3) is 0 Å². The smallest absolute Gasteiger partial charge is 0.243 e. The second-order valence-corrected chi connectivity index (χ2v) is 3.60. The van der Waals surface area contributed by atoms with Gasteiger partial charge in [-0.3, -0.25) is 0 Å². The number of hydrogen-bond donors (Lipinski definition) is 0. The van der Waals surface area contributed by atoms with Gasteiger partial charge in [0.15, 0.2) is 0 Å². The van der Waals surface area contributed by atoms with Gasteiger partial charge in [0.1, 0.15) is 24.7 Å². The predicted octanol–water partition coefficient (Wildman–Crippen LogP) is 1.37. The zero-order valence-corrected chi connectivity index (χ0v) is 9.05. The summed E-state index contributed by atoms with van der Waals surface area (Å²) in [7, 11) is 3.70. The van der Waals surface area contributed by atoms with E-state index in [1.54, 1.807) is 7.11 Å². The quantitative estimate of drug-likeness (QED) is 0.689. The Kier molecular flexibility index (Phi) is 2.72. The molecule has 0 aliphatic rings. The minimum atomic E-state index is 0.894. The van der Waals surface area contributed by atoms with Crippen molar-refractivity contribution in [3.05, 3.63) is 48.5 Å². The topological polar surface area (TPSA) is 18.0 Å². The number of hydrogen-bond acceptors (Lipinski definition) is 1. The van der Waals surface area contributed by atoms with Gasteiger partial charge >= 0.3 is 0 Å². The van der Waals surface area contributed by atoms with E-state index in [4.69, 9.17) is 4.74 Å². The molecule has 0 N–H and O–H groups in total. The van der Waals surface area contributed by atoms with Crippen molar-refractivity contribution in [2.45, 2.75) is 6.54 Å². The molecule has 0 aliphatic carbocycles. The summed E-state index contributed by atoms with van der Waals surface area (Å²) in [5.41, 5.74) is 1.27. The lowest BCUT2D eigenvalue weighted by atomic mass is 10.2. The second kappa shape index (κ2) is 4.17. The molecule has 1 heterocycles. The number of aryl methyl sites for hydroxylation is 1. The van der Waals surface area contributed by atoms with E-state index in [1.807, 2.05) is 29.9 Å². The average Bonchev–Trinajstić information content (AvgIpc) is 2.65. The number of rotatable bonds is 3. The first kappa shape index (κ1) is 9.77. The van der Waals surface area contributed by atoms with Crippen LogP contribution < -0.4 is 9.30 Å². The number of aromatic nitrogens is 2. The van der Waals surface area contributed by atoms with Crippen molar-refractivity contribution in [1.82, 2.24) is 4.57 Å². The van der Waals surface area contributed by atoms with Crippen LogP contribution in [-0.2, 0) is 13.6 Å². The number of imidazole rings is 1. The van der Waals surface area contributed by atoms with Crippen LogP contribution >= 0.6 is 0 Å². The van der Waals surface area contributed by atoms with Crippen LogP contribution in [0.2, 0.25) is 0 Å². The standard InChI is InChI=1S/C12H15N2O/c1-13-7-8-14(10-13)9-11-3-5-12(15-2)6-4-11/h3-8,10H,9H2,1-2H3/q+1. The summed E-state index contributed by atoms with van der Waals surface area (Å²) in [6.07, 6.45) is 6.15. The van der Waals surface area contributed by atoms with E-state index in [-0.39, 0.29) is 0 Å². The Hall–Kier alpha value is -1.77. The summed E-state index contributed by atoms with van der Waals surface area (Å²) >= 11 is 0. The first-order chi connectivity index (χ1) is 7.28. The summed E-state index contributed by atoms with van der Waals surface area (Å²) in [5, 5.41) is 0. The maximum Gasteiger partial charge on any atom is 0.243 e. The van der Waals surface area contributed by atoms with Crippen LogP contribution in [0, 0.1) is 0 Å². The minimum Gasteiger partial charge on any atom is -0.497 e. The first-order valence-corrected chi connectivity index (χ1v) is 4.92. The second-order valence-electron chi connectivity index (χ2n) is 3.60. The van der Waals surface area contributed by atoms with Gasteiger partial charge in [-0.1, -0.05) is 12.1 Å². The van der Waals surface area contributed by atoms with Crippen molar-refractivity contribution >= 4 is 0 Å². The molecule has 0 saturated carbocycles. The van der Waals surface area contributed by atoms with Crippen LogP contribution in [0.1, 0.15) is 5.56 Å². The van der Waals surface area contributed by atoms with Gasteiger partial charge in [0.05, 0.1) is 14.2 Å². The number of methoxy groups -OCH3 is 1. The van der Waals surface area contributed by atoms with Crippen LogP contribution in [0.15, 0.2) is 43.0 Å². The van der Waals surface area contributed by atoms with Crippen molar-refractivity contribution in [2.75, 3.05) is 7.11 Å². The van der Waals surface area contributed by atoms with Crippen LogP contribution in [-0.4, -0.2) is 11.7 Å². The van der Waals surface area contributed by atoms with Gasteiger partial charge in [-0.15, -0.1) is 0 Å². The highest BCUT2D eigenvalue weighted by atomic mass is 16.5. The number of benzene rings is 1. The van der Waals surface area contributed by atoms with Crippen molar-refractivity contribution in [2.24, 2.45) is 7.05 Å². The molecule has 15 heavy (non-hydrogen) atoms. The maximum atomic E-state index is 5.11. The molecule has 0 atom stereocenters. The zero-order chi connectivity index (χ0) is 10.7. The lowest BCUT2D eigenvalue weighted by molar-refractivity contribution is -0.671. The highest BCUT2D eigenvalue weighted by molar-refractivity contribution is 5.27. The van der Waals surface area contributed by atoms with E-state index in [0.717, 1.165) is 12.3 Å². The molecular weight excluding hydrogens is 188 g/mol. The lowest BCUT2D eigenvalue weighted by Gasteiger charge is -2.00. The summed E-state index contributed by atoms with van der Waals surface area (Å²) in [5.74, 6) is 0.900. The van der Waals surface area contributed by atoms with Gasteiger partial charge in [-0.2, -0.15) is 0 Å². The zero-order valence-electron chi connectivity index (χ0n) is 9.05. The highest BCUT2D eigenvalue weighted by Crippen LogP contribution is 2.11. The normalized spacial score (nSPS) is 10.3. The molecule has 0 fully saturated rings. The van der Waals surface area contributed by atoms with Crippen LogP contribution in [0.5, 0.6) is 5.75 Å². The monoisotopic (exact) mass is 203 g/mol. The van der Waals surface area contributed by atoms with Gasteiger partial charge < -0.3 is 4.74 Å². The Balaban J connectivity index is 2.11. The van der Waals surface area contributed by atoms with Gasteiger partial charge in [0.2, 0.25) is 6.33 Å². The Morgan fingerprint density at radius 2 is 2.00 bits per heavy atom. The van der Waals surface area contributed by atoms with Gasteiger partial charge in [0, 0.05) is 0 Å². The van der Waals surface area contributed by atoms with E-state index in [0.29, 0.717) is 0 Å². The molecule has 0 bridgehead atoms. The number of nitrogens with zero attached hydrogens (tertiary/aromatic N) is 2. The fourth-order valence-corrected chi connectivity index (χ4v) is 1.54. The summed E-state index contributed by atoms with van der Waals surface area (Å²) in [6, 6.07) is 8.13. The van der Waals surface area contributed by atoms with Crippen molar-refractivity contribution in [1.29, 1.82) is 0 Å². The first-order valence-electron chi connectivity index (χ1n) is 4.92. The van der Waals surface area contributed by atoms with E-state index < -0.39 is 0 Å². The Labute approximate surface area is 89.5 Å². The van der Waals surface area contributed by atoms with Gasteiger partial charge in [-0.05, 0) is 17.7 Å². The van der Waals surface area contributed by atoms with E-state index in [9.17, 15) is 0 Å². The molecule has 1 aromatic heterocycles. The van der Waals surface area contributed by atoms with Crippen LogP contribution in [0.4, 0.5) is 0 Å². The Morgan fingerprint density at radius 3 is 2.53 bits per heavy atom. The molecule has 1 aromatic carbocycles. The van der Waals surface area contributed by atoms with Gasteiger partial charge in [-0.25, -0.2) is 9.13 Å².